The molecule has 7 heteroatoms. The maximum atomic E-state index is 11.4. The number of carbonyl (C=O) groups excluding carboxylic acids is 1. The Morgan fingerprint density at radius 2 is 1.82 bits per heavy atom. The van der Waals surface area contributed by atoms with E-state index in [1.54, 1.807) is 24.3 Å². The van der Waals surface area contributed by atoms with E-state index in [0.717, 1.165) is 11.0 Å². The highest BCUT2D eigenvalue weighted by molar-refractivity contribution is 5.89. The Labute approximate surface area is 181 Å². The number of rotatable bonds is 6. The predicted molar refractivity (Wildman–Crippen MR) is 102 cm³/mol. The third kappa shape index (κ3) is 4.82. The van der Waals surface area contributed by atoms with Crippen LogP contribution in [0, 0.1) is 13.8 Å². The molecule has 6 nitrogen and oxygen atoms in total. The van der Waals surface area contributed by atoms with E-state index in [4.69, 9.17) is 4.74 Å². The van der Waals surface area contributed by atoms with Crippen LogP contribution in [0.3, 0.4) is 0 Å². The minimum absolute atomic E-state index is 0. The number of aromatic nitrogens is 2. The number of ether oxygens (including phenoxy) is 2. The molecular formula is C21H25IN2O4. The quantitative estimate of drug-likeness (QED) is 0.279. The van der Waals surface area contributed by atoms with Crippen LogP contribution in [0.2, 0.25) is 0 Å². The van der Waals surface area contributed by atoms with Crippen LogP contribution in [0.15, 0.2) is 42.7 Å². The zero-order valence-corrected chi connectivity index (χ0v) is 18.6. The molecule has 0 amide bonds. The maximum Gasteiger partial charge on any atom is 0.337 e. The molecule has 1 heterocycles. The fraction of sp³-hybridized carbons (Fsp3) is 0.333. The zero-order chi connectivity index (χ0) is 19.6. The van der Waals surface area contributed by atoms with Crippen molar-refractivity contribution in [1.82, 2.24) is 4.57 Å². The van der Waals surface area contributed by atoms with Crippen molar-refractivity contribution >= 4 is 17.0 Å². The summed E-state index contributed by atoms with van der Waals surface area (Å²) in [5.74, 6) is 0.204. The summed E-state index contributed by atoms with van der Waals surface area (Å²) in [7, 11) is 3.34. The second kappa shape index (κ2) is 9.38. The average molecular weight is 496 g/mol. The molecule has 0 aliphatic heterocycles. The summed E-state index contributed by atoms with van der Waals surface area (Å²) in [4.78, 5) is 11.4. The number of halogens is 1. The van der Waals surface area contributed by atoms with E-state index < -0.39 is 6.10 Å². The van der Waals surface area contributed by atoms with Crippen molar-refractivity contribution in [3.63, 3.8) is 0 Å². The Morgan fingerprint density at radius 1 is 1.18 bits per heavy atom. The van der Waals surface area contributed by atoms with Crippen LogP contribution in [0.25, 0.3) is 11.0 Å². The van der Waals surface area contributed by atoms with Gasteiger partial charge in [-0.15, -0.1) is 0 Å². The van der Waals surface area contributed by atoms with Gasteiger partial charge in [0.2, 0.25) is 6.33 Å². The smallest absolute Gasteiger partial charge is 0.337 e. The Morgan fingerprint density at radius 3 is 2.46 bits per heavy atom. The summed E-state index contributed by atoms with van der Waals surface area (Å²) >= 11 is 0. The molecule has 0 aliphatic rings. The van der Waals surface area contributed by atoms with Gasteiger partial charge in [-0.05, 0) is 61.4 Å². The molecule has 1 unspecified atom stereocenters. The number of fused-ring (bicyclic) bond motifs is 1. The topological polar surface area (TPSA) is 64.6 Å². The molecule has 0 radical (unpaired) electrons. The molecule has 1 atom stereocenters. The van der Waals surface area contributed by atoms with E-state index in [1.807, 2.05) is 17.9 Å². The molecule has 150 valence electrons. The number of aliphatic hydroxyl groups is 1. The number of aliphatic hydroxyl groups excluding tert-OH is 1. The number of carbonyl (C=O) groups is 1. The molecule has 28 heavy (non-hydrogen) atoms. The maximum absolute atomic E-state index is 11.4. The lowest BCUT2D eigenvalue weighted by molar-refractivity contribution is -0.645. The highest BCUT2D eigenvalue weighted by Gasteiger charge is 2.18. The molecule has 0 fully saturated rings. The Kier molecular flexibility index (Phi) is 7.42. The molecule has 0 saturated heterocycles. The molecule has 1 aromatic heterocycles. The number of nitrogens with zero attached hydrogens (tertiary/aromatic N) is 2. The normalized spacial score (nSPS) is 11.8. The summed E-state index contributed by atoms with van der Waals surface area (Å²) in [6.07, 6.45) is 1.32. The van der Waals surface area contributed by atoms with Crippen molar-refractivity contribution < 1.29 is 47.9 Å². The number of hydrogen-bond donors (Lipinski definition) is 1. The van der Waals surface area contributed by atoms with E-state index in [-0.39, 0.29) is 36.6 Å². The predicted octanol–water partition coefficient (Wildman–Crippen LogP) is -0.687. The van der Waals surface area contributed by atoms with Gasteiger partial charge in [0.25, 0.3) is 0 Å². The summed E-state index contributed by atoms with van der Waals surface area (Å²) in [5.41, 5.74) is 5.14. The molecule has 3 aromatic rings. The van der Waals surface area contributed by atoms with Crippen LogP contribution in [-0.2, 0) is 18.3 Å². The van der Waals surface area contributed by atoms with Gasteiger partial charge in [0.1, 0.15) is 25.0 Å². The van der Waals surface area contributed by atoms with Crippen molar-refractivity contribution in [3.05, 3.63) is 59.4 Å². The first kappa shape index (κ1) is 22.2. The monoisotopic (exact) mass is 496 g/mol. The Balaban J connectivity index is 0.00000280. The first-order chi connectivity index (χ1) is 12.9. The van der Waals surface area contributed by atoms with Crippen LogP contribution in [-0.4, -0.2) is 35.5 Å². The second-order valence-corrected chi connectivity index (χ2v) is 6.78. The first-order valence-electron chi connectivity index (χ1n) is 8.84. The molecule has 0 bridgehead atoms. The van der Waals surface area contributed by atoms with Gasteiger partial charge in [0.15, 0.2) is 11.0 Å². The van der Waals surface area contributed by atoms with E-state index in [2.05, 4.69) is 35.3 Å². The van der Waals surface area contributed by atoms with E-state index >= 15 is 0 Å². The molecular weight excluding hydrogens is 471 g/mol. The summed E-state index contributed by atoms with van der Waals surface area (Å²) in [6, 6.07) is 11.0. The standard InChI is InChI=1S/C21H25N2O4.HI/c1-14-9-19-20(10-15(14)2)23(13-22(19)3)11-17(24)12-27-18-7-5-16(6-8-18)21(25)26-4;/h5-10,13,17,24H,11-12H2,1-4H3;1H/q+1;/p-1. The van der Waals surface area contributed by atoms with Crippen LogP contribution < -0.4 is 33.3 Å². The Hall–Kier alpha value is -2.13. The Bertz CT molecular complexity index is 967. The molecule has 3 rings (SSSR count). The number of hydrogen-bond acceptors (Lipinski definition) is 4. The van der Waals surface area contributed by atoms with Crippen molar-refractivity contribution in [1.29, 1.82) is 0 Å². The minimum Gasteiger partial charge on any atom is -1.00 e. The van der Waals surface area contributed by atoms with Crippen molar-refractivity contribution in [3.8, 4) is 5.75 Å². The molecule has 1 N–H and O–H groups in total. The van der Waals surface area contributed by atoms with Gasteiger partial charge in [-0.1, -0.05) is 0 Å². The van der Waals surface area contributed by atoms with Crippen molar-refractivity contribution in [2.45, 2.75) is 26.5 Å². The van der Waals surface area contributed by atoms with Gasteiger partial charge in [0.05, 0.1) is 19.7 Å². The molecule has 0 saturated carbocycles. The fourth-order valence-electron chi connectivity index (χ4n) is 3.05. The van der Waals surface area contributed by atoms with Gasteiger partial charge in [0, 0.05) is 0 Å². The molecule has 0 spiro atoms. The van der Waals surface area contributed by atoms with Crippen LogP contribution >= 0.6 is 0 Å². The average Bonchev–Trinajstić information content (AvgIpc) is 2.95. The van der Waals surface area contributed by atoms with Crippen LogP contribution in [0.5, 0.6) is 5.75 Å². The van der Waals surface area contributed by atoms with E-state index in [1.165, 1.54) is 18.2 Å². The number of aryl methyl sites for hydroxylation is 3. The third-order valence-electron chi connectivity index (χ3n) is 4.72. The van der Waals surface area contributed by atoms with Crippen molar-refractivity contribution in [2.24, 2.45) is 7.05 Å². The lowest BCUT2D eigenvalue weighted by atomic mass is 10.1. The largest absolute Gasteiger partial charge is 1.00 e. The van der Waals surface area contributed by atoms with Gasteiger partial charge < -0.3 is 38.6 Å². The highest BCUT2D eigenvalue weighted by Crippen LogP contribution is 2.18. The van der Waals surface area contributed by atoms with Gasteiger partial charge in [-0.25, -0.2) is 13.9 Å². The van der Waals surface area contributed by atoms with E-state index in [0.29, 0.717) is 17.9 Å². The van der Waals surface area contributed by atoms with Gasteiger partial charge in [-0.2, -0.15) is 0 Å². The van der Waals surface area contributed by atoms with Crippen LogP contribution in [0.1, 0.15) is 21.5 Å². The van der Waals surface area contributed by atoms with Gasteiger partial charge in [-0.3, -0.25) is 0 Å². The number of imidazole rings is 1. The van der Waals surface area contributed by atoms with E-state index in [9.17, 15) is 9.90 Å². The van der Waals surface area contributed by atoms with Crippen molar-refractivity contribution in [2.75, 3.05) is 13.7 Å². The number of benzene rings is 2. The fourth-order valence-corrected chi connectivity index (χ4v) is 3.05. The lowest BCUT2D eigenvalue weighted by Gasteiger charge is -2.11. The lowest BCUT2D eigenvalue weighted by Crippen LogP contribution is -3.00. The minimum atomic E-state index is -0.664. The molecule has 0 aliphatic carbocycles. The summed E-state index contributed by atoms with van der Waals surface area (Å²) < 4.78 is 14.4. The summed E-state index contributed by atoms with van der Waals surface area (Å²) in [5, 5.41) is 10.4. The molecule has 2 aromatic carbocycles. The number of methoxy groups -OCH3 is 1. The first-order valence-corrected chi connectivity index (χ1v) is 8.84. The van der Waals surface area contributed by atoms with Gasteiger partial charge >= 0.3 is 5.97 Å². The second-order valence-electron chi connectivity index (χ2n) is 6.78. The zero-order valence-electron chi connectivity index (χ0n) is 16.5. The third-order valence-corrected chi connectivity index (χ3v) is 4.72. The summed E-state index contributed by atoms with van der Waals surface area (Å²) in [6.45, 7) is 4.77. The number of esters is 1. The SMILES string of the molecule is COC(=O)c1ccc(OCC(O)Cn2c[n+](C)c3cc(C)c(C)cc32)cc1.[I-]. The van der Waals surface area contributed by atoms with Crippen LogP contribution in [0.4, 0.5) is 0 Å². The highest BCUT2D eigenvalue weighted by atomic mass is 127.